The van der Waals surface area contributed by atoms with E-state index in [9.17, 15) is 22.0 Å². The summed E-state index contributed by atoms with van der Waals surface area (Å²) < 4.78 is 64.5. The van der Waals surface area contributed by atoms with E-state index in [4.69, 9.17) is 17.3 Å². The Hall–Kier alpha value is -3.70. The van der Waals surface area contributed by atoms with Crippen molar-refractivity contribution >= 4 is 43.9 Å². The molecule has 0 aliphatic rings. The first-order valence-corrected chi connectivity index (χ1v) is 11.9. The number of nitrogens with two attached hydrogens (primary N) is 1. The van der Waals surface area contributed by atoms with Gasteiger partial charge in [0.1, 0.15) is 11.6 Å². The van der Waals surface area contributed by atoms with E-state index in [-0.39, 0.29) is 33.9 Å². The maximum atomic E-state index is 15.3. The number of nitrogens with one attached hydrogen (secondary N) is 1. The summed E-state index contributed by atoms with van der Waals surface area (Å²) in [6.07, 6.45) is 1.43. The summed E-state index contributed by atoms with van der Waals surface area (Å²) in [5.41, 5.74) is 6.34. The van der Waals surface area contributed by atoms with Gasteiger partial charge < -0.3 is 11.1 Å². The minimum atomic E-state index is -4.95. The summed E-state index contributed by atoms with van der Waals surface area (Å²) in [4.78, 5) is 20.1. The first-order valence-electron chi connectivity index (χ1n) is 9.97. The Kier molecular flexibility index (Phi) is 6.64. The Balaban J connectivity index is 1.59. The highest BCUT2D eigenvalue weighted by molar-refractivity contribution is 7.91. The van der Waals surface area contributed by atoms with Crippen molar-refractivity contribution in [3.05, 3.63) is 82.9 Å². The molecule has 12 heteroatoms. The quantitative estimate of drug-likeness (QED) is 0.384. The van der Waals surface area contributed by atoms with Crippen LogP contribution in [0.25, 0.3) is 22.0 Å². The second kappa shape index (κ2) is 9.51. The van der Waals surface area contributed by atoms with Crippen LogP contribution in [0.5, 0.6) is 0 Å². The molecule has 2 heterocycles. The molecule has 3 N–H and O–H groups in total. The summed E-state index contributed by atoms with van der Waals surface area (Å²) in [7, 11) is -4.95. The monoisotopic (exact) mass is 520 g/mol. The second-order valence-corrected chi connectivity index (χ2v) is 9.79. The average Bonchev–Trinajstić information content (AvgIpc) is 2.82. The Labute approximate surface area is 202 Å². The van der Waals surface area contributed by atoms with E-state index in [1.807, 2.05) is 0 Å². The first-order chi connectivity index (χ1) is 16.6. The van der Waals surface area contributed by atoms with Gasteiger partial charge in [0.15, 0.2) is 0 Å². The van der Waals surface area contributed by atoms with Crippen LogP contribution >= 0.6 is 11.6 Å². The van der Waals surface area contributed by atoms with Crippen LogP contribution in [-0.4, -0.2) is 30.1 Å². The van der Waals surface area contributed by atoms with Gasteiger partial charge in [0, 0.05) is 33.1 Å². The van der Waals surface area contributed by atoms with Gasteiger partial charge in [-0.1, -0.05) is 23.7 Å². The standard InChI is InChI=1S/C23H16ClF3N4O3S/c24-14-6-13(7-16(8-14)35(33,34)23(26)27)22(32)30-11-15-9-18-12(10-29-15)4-5-17(21(18)25)19-2-1-3-20(28)31-19/h1-10,23H,11H2,(H2,28,31)(H,30,32). The van der Waals surface area contributed by atoms with Crippen LogP contribution in [0.2, 0.25) is 5.02 Å². The third kappa shape index (κ3) is 5.05. The molecule has 0 aliphatic carbocycles. The molecule has 0 atom stereocenters. The van der Waals surface area contributed by atoms with Gasteiger partial charge in [0.05, 0.1) is 22.8 Å². The number of nitrogen functional groups attached to an aromatic ring is 1. The number of sulfone groups is 1. The molecule has 4 aromatic rings. The molecule has 1 amide bonds. The predicted molar refractivity (Wildman–Crippen MR) is 125 cm³/mol. The minimum Gasteiger partial charge on any atom is -0.384 e. The number of rotatable bonds is 6. The van der Waals surface area contributed by atoms with Gasteiger partial charge in [0.25, 0.3) is 5.91 Å². The summed E-state index contributed by atoms with van der Waals surface area (Å²) >= 11 is 5.82. The SMILES string of the molecule is Nc1cccc(-c2ccc3cnc(CNC(=O)c4cc(Cl)cc(S(=O)(=O)C(F)F)c4)cc3c2F)n1. The molecule has 0 radical (unpaired) electrons. The Morgan fingerprint density at radius 1 is 1.11 bits per heavy atom. The molecular formula is C23H16ClF3N4O3S. The zero-order valence-corrected chi connectivity index (χ0v) is 19.2. The largest absolute Gasteiger partial charge is 0.384 e. The molecule has 35 heavy (non-hydrogen) atoms. The van der Waals surface area contributed by atoms with E-state index in [1.165, 1.54) is 12.3 Å². The molecular weight excluding hydrogens is 505 g/mol. The van der Waals surface area contributed by atoms with Crippen molar-refractivity contribution in [1.29, 1.82) is 0 Å². The van der Waals surface area contributed by atoms with Crippen molar-refractivity contribution in [2.75, 3.05) is 5.73 Å². The number of hydrogen-bond acceptors (Lipinski definition) is 6. The topological polar surface area (TPSA) is 115 Å². The zero-order chi connectivity index (χ0) is 25.3. The third-order valence-electron chi connectivity index (χ3n) is 5.07. The smallest absolute Gasteiger partial charge is 0.341 e. The van der Waals surface area contributed by atoms with Crippen LogP contribution < -0.4 is 11.1 Å². The molecule has 7 nitrogen and oxygen atoms in total. The van der Waals surface area contributed by atoms with Crippen molar-refractivity contribution < 1.29 is 26.4 Å². The van der Waals surface area contributed by atoms with Gasteiger partial charge in [0.2, 0.25) is 9.84 Å². The average molecular weight is 521 g/mol. The van der Waals surface area contributed by atoms with E-state index in [2.05, 4.69) is 15.3 Å². The van der Waals surface area contributed by atoms with Crippen LogP contribution in [0.1, 0.15) is 16.1 Å². The highest BCUT2D eigenvalue weighted by Gasteiger charge is 2.28. The van der Waals surface area contributed by atoms with Crippen LogP contribution in [0.15, 0.2) is 65.7 Å². The normalized spacial score (nSPS) is 11.7. The van der Waals surface area contributed by atoms with Crippen LogP contribution in [-0.2, 0) is 16.4 Å². The third-order valence-corrected chi connectivity index (χ3v) is 6.65. The van der Waals surface area contributed by atoms with Crippen molar-refractivity contribution in [2.45, 2.75) is 17.2 Å². The number of carbonyl (C=O) groups is 1. The maximum absolute atomic E-state index is 15.3. The molecule has 0 fully saturated rings. The van der Waals surface area contributed by atoms with Crippen molar-refractivity contribution in [2.24, 2.45) is 0 Å². The molecule has 0 unspecified atom stereocenters. The van der Waals surface area contributed by atoms with Gasteiger partial charge in [-0.3, -0.25) is 9.78 Å². The molecule has 0 bridgehead atoms. The molecule has 4 rings (SSSR count). The summed E-state index contributed by atoms with van der Waals surface area (Å²) in [6, 6.07) is 12.3. The highest BCUT2D eigenvalue weighted by atomic mass is 35.5. The first kappa shape index (κ1) is 24.4. The number of nitrogens with zero attached hydrogens (tertiary/aromatic N) is 2. The van der Waals surface area contributed by atoms with E-state index in [1.54, 1.807) is 30.3 Å². The molecule has 0 spiro atoms. The van der Waals surface area contributed by atoms with E-state index in [0.717, 1.165) is 18.2 Å². The summed E-state index contributed by atoms with van der Waals surface area (Å²) in [5, 5.41) is 3.04. The lowest BCUT2D eigenvalue weighted by molar-refractivity contribution is 0.0950. The predicted octanol–water partition coefficient (Wildman–Crippen LogP) is 4.60. The van der Waals surface area contributed by atoms with Gasteiger partial charge in [-0.05, 0) is 42.5 Å². The molecule has 0 aliphatic heterocycles. The van der Waals surface area contributed by atoms with Crippen molar-refractivity contribution in [3.8, 4) is 11.3 Å². The minimum absolute atomic E-state index is 0.154. The molecule has 0 saturated heterocycles. The number of pyridine rings is 2. The Bertz CT molecular complexity index is 1570. The van der Waals surface area contributed by atoms with Crippen LogP contribution in [0.3, 0.4) is 0 Å². The van der Waals surface area contributed by atoms with Gasteiger partial charge in [-0.15, -0.1) is 0 Å². The number of alkyl halides is 2. The fraction of sp³-hybridized carbons (Fsp3) is 0.0870. The van der Waals surface area contributed by atoms with Crippen LogP contribution in [0, 0.1) is 5.82 Å². The number of anilines is 1. The van der Waals surface area contributed by atoms with Crippen molar-refractivity contribution in [1.82, 2.24) is 15.3 Å². The van der Waals surface area contributed by atoms with Crippen molar-refractivity contribution in [3.63, 3.8) is 0 Å². The number of amides is 1. The fourth-order valence-electron chi connectivity index (χ4n) is 3.35. The lowest BCUT2D eigenvalue weighted by Gasteiger charge is -2.10. The number of benzene rings is 2. The molecule has 180 valence electrons. The lowest BCUT2D eigenvalue weighted by atomic mass is 10.0. The molecule has 2 aromatic heterocycles. The van der Waals surface area contributed by atoms with Gasteiger partial charge in [-0.2, -0.15) is 8.78 Å². The number of halogens is 4. The molecule has 2 aromatic carbocycles. The van der Waals surface area contributed by atoms with E-state index >= 15 is 4.39 Å². The molecule has 0 saturated carbocycles. The lowest BCUT2D eigenvalue weighted by Crippen LogP contribution is -2.24. The van der Waals surface area contributed by atoms with Crippen LogP contribution in [0.4, 0.5) is 19.0 Å². The number of fused-ring (bicyclic) bond motifs is 1. The van der Waals surface area contributed by atoms with E-state index in [0.29, 0.717) is 16.8 Å². The second-order valence-electron chi connectivity index (χ2n) is 7.44. The van der Waals surface area contributed by atoms with E-state index < -0.39 is 32.2 Å². The fourth-order valence-corrected chi connectivity index (χ4v) is 4.44. The summed E-state index contributed by atoms with van der Waals surface area (Å²) in [5.74, 6) is -4.75. The maximum Gasteiger partial charge on any atom is 0.341 e. The highest BCUT2D eigenvalue weighted by Crippen LogP contribution is 2.29. The van der Waals surface area contributed by atoms with Gasteiger partial charge >= 0.3 is 5.76 Å². The number of aromatic nitrogens is 2. The number of hydrogen-bond donors (Lipinski definition) is 2. The number of carbonyl (C=O) groups excluding carboxylic acids is 1. The van der Waals surface area contributed by atoms with Gasteiger partial charge in [-0.25, -0.2) is 17.8 Å². The summed E-state index contributed by atoms with van der Waals surface area (Å²) in [6.45, 7) is -0.154. The Morgan fingerprint density at radius 3 is 2.60 bits per heavy atom. The zero-order valence-electron chi connectivity index (χ0n) is 17.7. The Morgan fingerprint density at radius 2 is 1.89 bits per heavy atom.